The van der Waals surface area contributed by atoms with Gasteiger partial charge in [0.2, 0.25) is 11.8 Å². The highest BCUT2D eigenvalue weighted by molar-refractivity contribution is 7.80. The summed E-state index contributed by atoms with van der Waals surface area (Å²) < 4.78 is 29.7. The second-order valence-corrected chi connectivity index (χ2v) is 15.3. The summed E-state index contributed by atoms with van der Waals surface area (Å²) in [6.07, 6.45) is 4.01. The van der Waals surface area contributed by atoms with Crippen LogP contribution in [0.25, 0.3) is 0 Å². The number of hydrogen-bond acceptors (Lipinski definition) is 10. The molecular formula is C36H50ClN3O9S. The number of halogens is 1. The number of esters is 1. The molecule has 1 aromatic carbocycles. The van der Waals surface area contributed by atoms with E-state index in [9.17, 15) is 19.2 Å². The lowest BCUT2D eigenvalue weighted by Crippen LogP contribution is -2.70. The maximum Gasteiger partial charge on any atom is 0.407 e. The first kappa shape index (κ1) is 39.5. The highest BCUT2D eigenvalue weighted by Gasteiger charge is 2.61. The van der Waals surface area contributed by atoms with Crippen LogP contribution in [-0.2, 0) is 39.8 Å². The number of anilines is 1. The molecule has 1 aromatic rings. The molecule has 276 valence electrons. The van der Waals surface area contributed by atoms with Crippen LogP contribution < -0.4 is 15.0 Å². The summed E-state index contributed by atoms with van der Waals surface area (Å²) in [6.45, 7) is 8.93. The number of carbonyl (C=O) groups is 4. The molecule has 0 spiro atoms. The lowest BCUT2D eigenvalue weighted by molar-refractivity contribution is -0.322. The van der Waals surface area contributed by atoms with Crippen LogP contribution in [0, 0.1) is 0 Å². The number of carbonyl (C=O) groups excluding carboxylic acids is 4. The van der Waals surface area contributed by atoms with Gasteiger partial charge < -0.3 is 38.8 Å². The number of nitrogens with zero attached hydrogens (tertiary/aromatic N) is 2. The molecule has 0 aliphatic carbocycles. The Morgan fingerprint density at radius 3 is 2.50 bits per heavy atom. The van der Waals surface area contributed by atoms with Crippen LogP contribution >= 0.6 is 24.2 Å². The van der Waals surface area contributed by atoms with Gasteiger partial charge in [0.25, 0.3) is 0 Å². The van der Waals surface area contributed by atoms with Gasteiger partial charge in [-0.1, -0.05) is 42.3 Å². The van der Waals surface area contributed by atoms with Gasteiger partial charge in [-0.15, -0.1) is 0 Å². The van der Waals surface area contributed by atoms with E-state index < -0.39 is 59.6 Å². The fourth-order valence-electron chi connectivity index (χ4n) is 6.86. The van der Waals surface area contributed by atoms with Crippen LogP contribution in [0.1, 0.15) is 65.9 Å². The first-order valence-electron chi connectivity index (χ1n) is 16.7. The summed E-state index contributed by atoms with van der Waals surface area (Å²) in [5, 5.41) is 2.92. The smallest absolute Gasteiger partial charge is 0.407 e. The molecule has 12 nitrogen and oxygen atoms in total. The van der Waals surface area contributed by atoms with Crippen molar-refractivity contribution in [1.82, 2.24) is 10.2 Å². The number of rotatable bonds is 7. The Balaban J connectivity index is 1.75. The van der Waals surface area contributed by atoms with Gasteiger partial charge in [-0.05, 0) is 51.8 Å². The van der Waals surface area contributed by atoms with Crippen molar-refractivity contribution in [1.29, 1.82) is 0 Å². The first-order valence-corrected chi connectivity index (χ1v) is 17.6. The molecule has 8 atom stereocenters. The van der Waals surface area contributed by atoms with E-state index in [2.05, 4.69) is 17.9 Å². The lowest BCUT2D eigenvalue weighted by atomic mass is 9.72. The fraction of sp³-hybridized carbons (Fsp3) is 0.611. The standard InChI is InChI=1S/C36H50ClN3O9S/c1-20-11-10-12-26(45-8)24-17-28(48-34(44)38-24)35(4)19-36(5,49-35)29(47-33(43)22(3)39(6)30(41)14-21(2)50)18-31(42)40(7)25-15-23(13-20)16-27(46-9)32(25)37/h10-12,15-16,21-22,24,26,28-29,50H,13-14,17-19H2,1-9H3,(H,38,44)/b12-10+,20-11+/t21?,22-,24+,26+,28-,29-,35?,36+/m0/s1. The van der Waals surface area contributed by atoms with Crippen molar-refractivity contribution in [2.45, 2.75) is 114 Å². The number of methoxy groups -OCH3 is 2. The maximum atomic E-state index is 14.1. The van der Waals surface area contributed by atoms with E-state index in [1.54, 1.807) is 34.9 Å². The highest BCUT2D eigenvalue weighted by atomic mass is 35.5. The fourth-order valence-corrected chi connectivity index (χ4v) is 7.33. The summed E-state index contributed by atoms with van der Waals surface area (Å²) in [4.78, 5) is 56.0. The monoisotopic (exact) mass is 735 g/mol. The van der Waals surface area contributed by atoms with Crippen molar-refractivity contribution >= 4 is 53.8 Å². The van der Waals surface area contributed by atoms with Crippen molar-refractivity contribution in [2.75, 3.05) is 33.2 Å². The second-order valence-electron chi connectivity index (χ2n) is 14.0. The molecule has 4 aliphatic rings. The number of thiol groups is 1. The summed E-state index contributed by atoms with van der Waals surface area (Å²) >= 11 is 11.1. The van der Waals surface area contributed by atoms with Crippen LogP contribution in [0.3, 0.4) is 0 Å². The molecule has 3 amide bonds. The molecule has 0 radical (unpaired) electrons. The number of fused-ring (bicyclic) bond motifs is 6. The predicted molar refractivity (Wildman–Crippen MR) is 193 cm³/mol. The average molecular weight is 736 g/mol. The van der Waals surface area contributed by atoms with Gasteiger partial charge in [0, 0.05) is 45.7 Å². The van der Waals surface area contributed by atoms with Gasteiger partial charge >= 0.3 is 12.1 Å². The molecule has 1 N–H and O–H groups in total. The van der Waals surface area contributed by atoms with Crippen molar-refractivity contribution in [3.05, 3.63) is 46.5 Å². The zero-order valence-electron chi connectivity index (χ0n) is 30.3. The number of nitrogens with one attached hydrogen (secondary N) is 1. The van der Waals surface area contributed by atoms with Crippen molar-refractivity contribution in [2.24, 2.45) is 0 Å². The molecule has 5 rings (SSSR count). The first-order chi connectivity index (χ1) is 23.4. The van der Waals surface area contributed by atoms with Gasteiger partial charge in [0.05, 0.1) is 31.4 Å². The molecule has 0 aromatic heterocycles. The van der Waals surface area contributed by atoms with Gasteiger partial charge in [-0.3, -0.25) is 9.59 Å². The normalized spacial score (nSPS) is 31.5. The zero-order valence-corrected chi connectivity index (χ0v) is 31.9. The third kappa shape index (κ3) is 8.78. The van der Waals surface area contributed by atoms with Crippen molar-refractivity contribution in [3.8, 4) is 5.75 Å². The summed E-state index contributed by atoms with van der Waals surface area (Å²) in [5.41, 5.74) is 0.179. The van der Waals surface area contributed by atoms with Gasteiger partial charge in [-0.2, -0.15) is 12.6 Å². The van der Waals surface area contributed by atoms with E-state index in [1.165, 1.54) is 24.0 Å². The Hall–Kier alpha value is -3.26. The number of allylic oxidation sites excluding steroid dienone is 3. The zero-order chi connectivity index (χ0) is 37.1. The highest BCUT2D eigenvalue weighted by Crippen LogP contribution is 2.50. The Morgan fingerprint density at radius 1 is 1.20 bits per heavy atom. The number of amides is 3. The quantitative estimate of drug-likeness (QED) is 0.292. The summed E-state index contributed by atoms with van der Waals surface area (Å²) in [6, 6.07) is 2.29. The molecule has 4 heterocycles. The molecule has 2 saturated heterocycles. The van der Waals surface area contributed by atoms with E-state index in [-0.39, 0.29) is 29.0 Å². The molecule has 4 aliphatic heterocycles. The Labute approximate surface area is 305 Å². The average Bonchev–Trinajstić information content (AvgIpc) is 3.04. The predicted octanol–water partition coefficient (Wildman–Crippen LogP) is 5.05. The van der Waals surface area contributed by atoms with Crippen LogP contribution in [0.2, 0.25) is 5.02 Å². The second kappa shape index (κ2) is 16.0. The van der Waals surface area contributed by atoms with Crippen LogP contribution in [-0.4, -0.2) is 104 Å². The maximum absolute atomic E-state index is 14.1. The SMILES string of the molecule is COc1cc2cc(c1Cl)N(C)C(=O)C[C@H](OC(=O)[C@H](C)N(C)C(=O)CC(C)S)[C@@]1(C)CC(C)(O1)[C@@H]1C[C@@H](NC(=O)O1)[C@H](OC)/C=C/C=C(\C)C2. The number of ether oxygens (including phenoxy) is 5. The summed E-state index contributed by atoms with van der Waals surface area (Å²) in [5.74, 6) is -0.961. The Kier molecular flexibility index (Phi) is 12.6. The molecule has 6 bridgehead atoms. The lowest BCUT2D eigenvalue weighted by Gasteiger charge is -2.58. The third-order valence-corrected chi connectivity index (χ3v) is 10.4. The molecule has 2 fully saturated rings. The number of likely N-dealkylation sites (N-methyl/N-ethyl adjacent to an activating group) is 1. The summed E-state index contributed by atoms with van der Waals surface area (Å²) in [7, 11) is 6.21. The van der Waals surface area contributed by atoms with Crippen molar-refractivity contribution < 1.29 is 42.9 Å². The van der Waals surface area contributed by atoms with Gasteiger partial charge in [0.1, 0.15) is 40.2 Å². The van der Waals surface area contributed by atoms with Gasteiger partial charge in [-0.25, -0.2) is 9.59 Å². The van der Waals surface area contributed by atoms with E-state index in [0.29, 0.717) is 30.7 Å². The minimum absolute atomic E-state index is 0.136. The van der Waals surface area contributed by atoms with E-state index in [1.807, 2.05) is 44.2 Å². The molecule has 50 heavy (non-hydrogen) atoms. The van der Waals surface area contributed by atoms with E-state index in [4.69, 9.17) is 35.3 Å². The topological polar surface area (TPSA) is 133 Å². The number of hydrogen-bond donors (Lipinski definition) is 2. The third-order valence-electron chi connectivity index (χ3n) is 9.82. The van der Waals surface area contributed by atoms with E-state index in [0.717, 1.165) is 11.1 Å². The Bertz CT molecular complexity index is 1530. The van der Waals surface area contributed by atoms with E-state index >= 15 is 0 Å². The molecule has 2 unspecified atom stereocenters. The molecule has 14 heteroatoms. The number of alkyl carbamates (subject to hydrolysis) is 1. The molecular weight excluding hydrogens is 686 g/mol. The largest absolute Gasteiger partial charge is 0.495 e. The van der Waals surface area contributed by atoms with Crippen LogP contribution in [0.5, 0.6) is 5.75 Å². The van der Waals surface area contributed by atoms with Crippen LogP contribution in [0.4, 0.5) is 10.5 Å². The minimum atomic E-state index is -1.15. The van der Waals surface area contributed by atoms with Crippen LogP contribution in [0.15, 0.2) is 35.9 Å². The number of benzene rings is 1. The molecule has 0 saturated carbocycles. The Morgan fingerprint density at radius 2 is 1.88 bits per heavy atom. The minimum Gasteiger partial charge on any atom is -0.495 e. The van der Waals surface area contributed by atoms with Gasteiger partial charge in [0.15, 0.2) is 0 Å². The van der Waals surface area contributed by atoms with Crippen molar-refractivity contribution in [3.63, 3.8) is 0 Å².